The van der Waals surface area contributed by atoms with Crippen molar-refractivity contribution in [2.75, 3.05) is 0 Å². The fourth-order valence-corrected chi connectivity index (χ4v) is 2.70. The summed E-state index contributed by atoms with van der Waals surface area (Å²) in [7, 11) is 0. The van der Waals surface area contributed by atoms with Crippen LogP contribution in [0.15, 0.2) is 37.0 Å². The Bertz CT molecular complexity index is 303. The predicted molar refractivity (Wildman–Crippen MR) is 93.6 cm³/mol. The van der Waals surface area contributed by atoms with Crippen LogP contribution in [0.5, 0.6) is 0 Å². The summed E-state index contributed by atoms with van der Waals surface area (Å²) in [5.41, 5.74) is 0. The number of hydrogen-bond donors (Lipinski definition) is 0. The maximum absolute atomic E-state index is 5.72. The van der Waals surface area contributed by atoms with Gasteiger partial charge in [0.15, 0.2) is 0 Å². The Morgan fingerprint density at radius 1 is 0.857 bits per heavy atom. The second-order valence-electron chi connectivity index (χ2n) is 6.08. The highest BCUT2D eigenvalue weighted by atomic mass is 16.6. The van der Waals surface area contributed by atoms with Gasteiger partial charge in [0.2, 0.25) is 0 Å². The number of epoxide rings is 1. The van der Waals surface area contributed by atoms with E-state index in [-0.39, 0.29) is 0 Å². The number of ether oxygens (including phenoxy) is 1. The quantitative estimate of drug-likeness (QED) is 0.157. The van der Waals surface area contributed by atoms with Gasteiger partial charge in [0.05, 0.1) is 12.2 Å². The Morgan fingerprint density at radius 3 is 2.29 bits per heavy atom. The van der Waals surface area contributed by atoms with E-state index >= 15 is 0 Å². The van der Waals surface area contributed by atoms with Gasteiger partial charge in [0.1, 0.15) is 0 Å². The maximum atomic E-state index is 5.72. The lowest BCUT2D eigenvalue weighted by Crippen LogP contribution is -1.93. The Balaban J connectivity index is 1.84. The summed E-state index contributed by atoms with van der Waals surface area (Å²) >= 11 is 0. The highest BCUT2D eigenvalue weighted by Gasteiger charge is 2.36. The smallest absolute Gasteiger partial charge is 0.0876 e. The topological polar surface area (TPSA) is 12.5 Å². The molecule has 1 nitrogen and oxygen atoms in total. The van der Waals surface area contributed by atoms with Gasteiger partial charge in [-0.25, -0.2) is 0 Å². The molecule has 1 heterocycles. The van der Waals surface area contributed by atoms with E-state index in [0.717, 1.165) is 12.8 Å². The average molecular weight is 290 g/mol. The summed E-state index contributed by atoms with van der Waals surface area (Å²) in [6.07, 6.45) is 26.0. The van der Waals surface area contributed by atoms with Crippen LogP contribution in [0.2, 0.25) is 0 Å². The van der Waals surface area contributed by atoms with Crippen LogP contribution in [0.3, 0.4) is 0 Å². The second-order valence-corrected chi connectivity index (χ2v) is 6.08. The van der Waals surface area contributed by atoms with Gasteiger partial charge in [-0.15, -0.1) is 0 Å². The highest BCUT2D eigenvalue weighted by molar-refractivity contribution is 5.02. The molecular formula is C20H34O. The molecule has 0 aromatic rings. The molecule has 2 atom stereocenters. The van der Waals surface area contributed by atoms with Crippen LogP contribution in [0.4, 0.5) is 0 Å². The van der Waals surface area contributed by atoms with E-state index < -0.39 is 0 Å². The van der Waals surface area contributed by atoms with Crippen molar-refractivity contribution in [3.8, 4) is 0 Å². The van der Waals surface area contributed by atoms with Gasteiger partial charge in [-0.3, -0.25) is 0 Å². The molecule has 1 saturated heterocycles. The maximum Gasteiger partial charge on any atom is 0.0876 e. The van der Waals surface area contributed by atoms with Crippen LogP contribution >= 0.6 is 0 Å². The van der Waals surface area contributed by atoms with E-state index in [2.05, 4.69) is 31.7 Å². The van der Waals surface area contributed by atoms with Gasteiger partial charge in [-0.2, -0.15) is 0 Å². The van der Waals surface area contributed by atoms with E-state index in [1.807, 2.05) is 12.2 Å². The monoisotopic (exact) mass is 290 g/mol. The van der Waals surface area contributed by atoms with E-state index in [1.165, 1.54) is 57.8 Å². The van der Waals surface area contributed by atoms with Gasteiger partial charge in [0.25, 0.3) is 0 Å². The molecule has 0 unspecified atom stereocenters. The van der Waals surface area contributed by atoms with E-state index in [4.69, 9.17) is 4.74 Å². The molecule has 0 spiro atoms. The van der Waals surface area contributed by atoms with Gasteiger partial charge in [-0.05, 0) is 19.3 Å². The van der Waals surface area contributed by atoms with E-state index in [1.54, 1.807) is 0 Å². The van der Waals surface area contributed by atoms with Gasteiger partial charge >= 0.3 is 0 Å². The fraction of sp³-hybridized carbons (Fsp3) is 0.700. The molecule has 0 radical (unpaired) electrons. The van der Waals surface area contributed by atoms with Crippen molar-refractivity contribution in [2.45, 2.75) is 89.8 Å². The molecule has 1 fully saturated rings. The minimum absolute atomic E-state index is 0.509. The Hall–Kier alpha value is -0.820. The third kappa shape index (κ3) is 10.5. The van der Waals surface area contributed by atoms with E-state index in [9.17, 15) is 0 Å². The lowest BCUT2D eigenvalue weighted by Gasteiger charge is -2.00. The molecule has 0 N–H and O–H groups in total. The van der Waals surface area contributed by atoms with Crippen molar-refractivity contribution in [3.05, 3.63) is 37.0 Å². The molecule has 0 aromatic heterocycles. The molecule has 0 bridgehead atoms. The minimum Gasteiger partial charge on any atom is -0.369 e. The molecule has 1 aliphatic heterocycles. The second kappa shape index (κ2) is 12.9. The largest absolute Gasteiger partial charge is 0.369 e. The Kier molecular flexibility index (Phi) is 11.2. The van der Waals surface area contributed by atoms with Crippen molar-refractivity contribution in [2.24, 2.45) is 0 Å². The summed E-state index contributed by atoms with van der Waals surface area (Å²) in [5, 5.41) is 0. The SMILES string of the molecule is C=C/C=C\C/C=C\C[C@H]1O[C@H]1CCCCCCCCCC. The summed E-state index contributed by atoms with van der Waals surface area (Å²) in [6, 6.07) is 0. The van der Waals surface area contributed by atoms with E-state index in [0.29, 0.717) is 12.2 Å². The standard InChI is InChI=1S/C20H34O/c1-3-5-7-9-11-12-14-16-18-20-19(21-20)17-15-13-10-8-6-4-2/h4,6,8,13,15,19-20H,2-3,5,7,9-12,14,16-18H2,1H3/b8-6-,15-13-/t19-,20+/m1/s1. The molecule has 1 heteroatoms. The molecule has 120 valence electrons. The first-order valence-electron chi connectivity index (χ1n) is 8.96. The summed E-state index contributed by atoms with van der Waals surface area (Å²) in [5.74, 6) is 0. The highest BCUT2D eigenvalue weighted by Crippen LogP contribution is 2.30. The van der Waals surface area contributed by atoms with Crippen LogP contribution in [0.1, 0.15) is 77.6 Å². The molecule has 21 heavy (non-hydrogen) atoms. The first kappa shape index (κ1) is 18.2. The van der Waals surface area contributed by atoms with Gasteiger partial charge < -0.3 is 4.74 Å². The third-order valence-corrected chi connectivity index (χ3v) is 4.11. The molecule has 0 aromatic carbocycles. The molecule has 0 saturated carbocycles. The zero-order chi connectivity index (χ0) is 15.2. The molecular weight excluding hydrogens is 256 g/mol. The summed E-state index contributed by atoms with van der Waals surface area (Å²) in [6.45, 7) is 5.93. The molecule has 1 rings (SSSR count). The number of rotatable bonds is 14. The normalized spacial score (nSPS) is 21.4. The van der Waals surface area contributed by atoms with Crippen molar-refractivity contribution >= 4 is 0 Å². The third-order valence-electron chi connectivity index (χ3n) is 4.11. The van der Waals surface area contributed by atoms with Crippen molar-refractivity contribution in [3.63, 3.8) is 0 Å². The van der Waals surface area contributed by atoms with Crippen molar-refractivity contribution in [1.82, 2.24) is 0 Å². The lowest BCUT2D eigenvalue weighted by molar-refractivity contribution is 0.358. The summed E-state index contributed by atoms with van der Waals surface area (Å²) in [4.78, 5) is 0. The zero-order valence-corrected chi connectivity index (χ0v) is 13.9. The van der Waals surface area contributed by atoms with Crippen LogP contribution in [-0.2, 0) is 4.74 Å². The Labute approximate surface area is 132 Å². The fourth-order valence-electron chi connectivity index (χ4n) is 2.70. The number of allylic oxidation sites excluding steroid dienone is 4. The number of unbranched alkanes of at least 4 members (excludes halogenated alkanes) is 7. The van der Waals surface area contributed by atoms with Crippen LogP contribution in [0.25, 0.3) is 0 Å². The zero-order valence-electron chi connectivity index (χ0n) is 13.9. The first-order chi connectivity index (χ1) is 10.4. The predicted octanol–water partition coefficient (Wildman–Crippen LogP) is 6.36. The molecule has 0 aliphatic carbocycles. The van der Waals surface area contributed by atoms with Gasteiger partial charge in [0, 0.05) is 0 Å². The van der Waals surface area contributed by atoms with Gasteiger partial charge in [-0.1, -0.05) is 95.2 Å². The average Bonchev–Trinajstić information content (AvgIpc) is 3.24. The first-order valence-corrected chi connectivity index (χ1v) is 8.96. The molecule has 1 aliphatic rings. The van der Waals surface area contributed by atoms with Crippen LogP contribution < -0.4 is 0 Å². The van der Waals surface area contributed by atoms with Crippen LogP contribution in [0, 0.1) is 0 Å². The Morgan fingerprint density at radius 2 is 1.57 bits per heavy atom. The lowest BCUT2D eigenvalue weighted by atomic mass is 10.1. The molecule has 0 amide bonds. The van der Waals surface area contributed by atoms with Crippen molar-refractivity contribution in [1.29, 1.82) is 0 Å². The summed E-state index contributed by atoms with van der Waals surface area (Å²) < 4.78 is 5.72. The van der Waals surface area contributed by atoms with Crippen LogP contribution in [-0.4, -0.2) is 12.2 Å². The minimum atomic E-state index is 0.509. The van der Waals surface area contributed by atoms with Crippen molar-refractivity contribution < 1.29 is 4.74 Å². The number of hydrogen-bond acceptors (Lipinski definition) is 1.